The number of carbonyl (C=O) groups excluding carboxylic acids is 1. The van der Waals surface area contributed by atoms with Gasteiger partial charge < -0.3 is 5.32 Å². The minimum Gasteiger partial charge on any atom is -0.354 e. The zero-order valence-corrected chi connectivity index (χ0v) is 19.8. The molecule has 0 radical (unpaired) electrons. The molecule has 4 rings (SSSR count). The highest BCUT2D eigenvalue weighted by Gasteiger charge is 2.28. The predicted octanol–water partition coefficient (Wildman–Crippen LogP) is 3.91. The van der Waals surface area contributed by atoms with Crippen LogP contribution < -0.4 is 16.6 Å². The van der Waals surface area contributed by atoms with Gasteiger partial charge in [0.2, 0.25) is 5.91 Å². The average molecular weight is 454 g/mol. The molecule has 2 aromatic heterocycles. The number of hydrogen-bond acceptors (Lipinski definition) is 4. The van der Waals surface area contributed by atoms with Gasteiger partial charge in [0.05, 0.1) is 12.1 Å². The number of aromatic nitrogens is 2. The van der Waals surface area contributed by atoms with Crippen LogP contribution in [0.15, 0.2) is 45.3 Å². The van der Waals surface area contributed by atoms with E-state index in [2.05, 4.69) is 5.32 Å². The van der Waals surface area contributed by atoms with Crippen LogP contribution in [-0.4, -0.2) is 21.1 Å². The van der Waals surface area contributed by atoms with Crippen molar-refractivity contribution in [2.75, 3.05) is 0 Å². The van der Waals surface area contributed by atoms with Crippen molar-refractivity contribution in [2.24, 2.45) is 11.8 Å². The van der Waals surface area contributed by atoms with Gasteiger partial charge in [0.1, 0.15) is 4.70 Å². The molecule has 0 unspecified atom stereocenters. The van der Waals surface area contributed by atoms with Crippen LogP contribution in [-0.2, 0) is 17.9 Å². The van der Waals surface area contributed by atoms with Gasteiger partial charge in [-0.1, -0.05) is 24.3 Å². The van der Waals surface area contributed by atoms with Gasteiger partial charge in [0.25, 0.3) is 5.56 Å². The smallest absolute Gasteiger partial charge is 0.331 e. The number of carbonyl (C=O) groups is 1. The van der Waals surface area contributed by atoms with Crippen LogP contribution in [0.2, 0.25) is 0 Å². The maximum Gasteiger partial charge on any atom is 0.331 e. The Kier molecular flexibility index (Phi) is 6.65. The third kappa shape index (κ3) is 4.58. The number of benzene rings is 1. The Morgan fingerprint density at radius 1 is 1.09 bits per heavy atom. The first-order valence-electron chi connectivity index (χ1n) is 11.4. The van der Waals surface area contributed by atoms with Gasteiger partial charge in [-0.25, -0.2) is 4.79 Å². The van der Waals surface area contributed by atoms with E-state index in [-0.39, 0.29) is 35.0 Å². The SMILES string of the molecule is Cc1ccccc1Cn1c(=O)n(CC2CCC(C(=O)NC(C)C)CC2)c(=O)c2sccc21. The van der Waals surface area contributed by atoms with E-state index in [0.29, 0.717) is 23.3 Å². The second-order valence-electron chi connectivity index (χ2n) is 9.23. The van der Waals surface area contributed by atoms with Gasteiger partial charge in [-0.3, -0.25) is 18.7 Å². The molecule has 7 heteroatoms. The summed E-state index contributed by atoms with van der Waals surface area (Å²) in [4.78, 5) is 38.9. The Morgan fingerprint density at radius 3 is 2.50 bits per heavy atom. The second-order valence-corrected chi connectivity index (χ2v) is 10.1. The van der Waals surface area contributed by atoms with Gasteiger partial charge in [0, 0.05) is 18.5 Å². The molecular weight excluding hydrogens is 422 g/mol. The Labute approximate surface area is 191 Å². The number of nitrogens with zero attached hydrogens (tertiary/aromatic N) is 2. The molecule has 1 fully saturated rings. The molecule has 1 aromatic carbocycles. The van der Waals surface area contributed by atoms with Crippen LogP contribution in [0.5, 0.6) is 0 Å². The number of nitrogens with one attached hydrogen (secondary N) is 1. The quantitative estimate of drug-likeness (QED) is 0.615. The molecule has 170 valence electrons. The normalized spacial score (nSPS) is 18.9. The lowest BCUT2D eigenvalue weighted by atomic mass is 9.81. The molecule has 1 saturated carbocycles. The third-order valence-electron chi connectivity index (χ3n) is 6.52. The maximum atomic E-state index is 13.5. The minimum atomic E-state index is -0.246. The molecule has 0 atom stereocenters. The molecule has 32 heavy (non-hydrogen) atoms. The van der Waals surface area contributed by atoms with Crippen molar-refractivity contribution >= 4 is 27.5 Å². The maximum absolute atomic E-state index is 13.5. The largest absolute Gasteiger partial charge is 0.354 e. The van der Waals surface area contributed by atoms with E-state index >= 15 is 0 Å². The fraction of sp³-hybridized carbons (Fsp3) is 0.480. The Morgan fingerprint density at radius 2 is 1.81 bits per heavy atom. The molecule has 1 N–H and O–H groups in total. The van der Waals surface area contributed by atoms with E-state index in [0.717, 1.165) is 36.8 Å². The van der Waals surface area contributed by atoms with Crippen LogP contribution in [0.4, 0.5) is 0 Å². The number of aryl methyl sites for hydroxylation is 1. The van der Waals surface area contributed by atoms with E-state index in [1.54, 1.807) is 4.57 Å². The lowest BCUT2D eigenvalue weighted by Crippen LogP contribution is -2.42. The molecular formula is C25H31N3O3S. The summed E-state index contributed by atoms with van der Waals surface area (Å²) < 4.78 is 3.79. The average Bonchev–Trinajstić information content (AvgIpc) is 3.25. The van der Waals surface area contributed by atoms with Crippen molar-refractivity contribution < 1.29 is 4.79 Å². The number of thiophene rings is 1. The molecule has 6 nitrogen and oxygen atoms in total. The van der Waals surface area contributed by atoms with Gasteiger partial charge >= 0.3 is 5.69 Å². The first kappa shape index (κ1) is 22.5. The lowest BCUT2D eigenvalue weighted by Gasteiger charge is -2.28. The van der Waals surface area contributed by atoms with E-state index < -0.39 is 0 Å². The second kappa shape index (κ2) is 9.45. The zero-order valence-electron chi connectivity index (χ0n) is 19.0. The summed E-state index contributed by atoms with van der Waals surface area (Å²) in [5.74, 6) is 0.381. The third-order valence-corrected chi connectivity index (χ3v) is 7.41. The molecule has 0 bridgehead atoms. The monoisotopic (exact) mass is 453 g/mol. The van der Waals surface area contributed by atoms with Gasteiger partial charge in [0.15, 0.2) is 0 Å². The van der Waals surface area contributed by atoms with E-state index in [1.165, 1.54) is 15.9 Å². The van der Waals surface area contributed by atoms with E-state index in [4.69, 9.17) is 0 Å². The van der Waals surface area contributed by atoms with Crippen molar-refractivity contribution in [1.29, 1.82) is 0 Å². The van der Waals surface area contributed by atoms with E-state index in [9.17, 15) is 14.4 Å². The summed E-state index contributed by atoms with van der Waals surface area (Å²) >= 11 is 1.39. The first-order valence-corrected chi connectivity index (χ1v) is 12.3. The molecule has 1 aliphatic carbocycles. The van der Waals surface area contributed by atoms with Crippen molar-refractivity contribution in [3.8, 4) is 0 Å². The summed E-state index contributed by atoms with van der Waals surface area (Å²) in [6, 6.07) is 10.0. The molecule has 2 heterocycles. The zero-order chi connectivity index (χ0) is 22.8. The number of rotatable bonds is 6. The highest BCUT2D eigenvalue weighted by atomic mass is 32.1. The first-order chi connectivity index (χ1) is 15.3. The molecule has 0 aliphatic heterocycles. The van der Waals surface area contributed by atoms with Crippen LogP contribution in [0, 0.1) is 18.8 Å². The van der Waals surface area contributed by atoms with Gasteiger partial charge in [-0.2, -0.15) is 0 Å². The summed E-state index contributed by atoms with van der Waals surface area (Å²) in [5, 5.41) is 4.88. The highest BCUT2D eigenvalue weighted by molar-refractivity contribution is 7.17. The van der Waals surface area contributed by atoms with Crippen molar-refractivity contribution in [3.63, 3.8) is 0 Å². The number of amides is 1. The summed E-state index contributed by atoms with van der Waals surface area (Å²) in [5.41, 5.74) is 2.46. The Hall–Kier alpha value is -2.67. The Bertz CT molecular complexity index is 1230. The van der Waals surface area contributed by atoms with E-state index in [1.807, 2.05) is 56.5 Å². The van der Waals surface area contributed by atoms with Crippen LogP contribution in [0.25, 0.3) is 10.2 Å². The van der Waals surface area contributed by atoms with Crippen LogP contribution in [0.3, 0.4) is 0 Å². The summed E-state index contributed by atoms with van der Waals surface area (Å²) in [6.07, 6.45) is 3.30. The van der Waals surface area contributed by atoms with Crippen molar-refractivity contribution in [2.45, 2.75) is 65.6 Å². The molecule has 0 saturated heterocycles. The number of fused-ring (bicyclic) bond motifs is 1. The predicted molar refractivity (Wildman–Crippen MR) is 129 cm³/mol. The standard InChI is InChI=1S/C25H31N3O3S/c1-16(2)26-23(29)19-10-8-18(9-11-19)14-28-24(30)22-21(12-13-32-22)27(25(28)31)15-20-7-5-4-6-17(20)3/h4-7,12-13,16,18-19H,8-11,14-15H2,1-3H3,(H,26,29). The van der Waals surface area contributed by atoms with Crippen molar-refractivity contribution in [1.82, 2.24) is 14.5 Å². The fourth-order valence-electron chi connectivity index (χ4n) is 4.67. The number of hydrogen-bond donors (Lipinski definition) is 1. The van der Waals surface area contributed by atoms with Crippen molar-refractivity contribution in [3.05, 3.63) is 67.7 Å². The molecule has 0 spiro atoms. The Balaban J connectivity index is 1.59. The molecule has 3 aromatic rings. The fourth-order valence-corrected chi connectivity index (χ4v) is 5.52. The van der Waals surface area contributed by atoms with Crippen LogP contribution >= 0.6 is 11.3 Å². The minimum absolute atomic E-state index is 0.0304. The topological polar surface area (TPSA) is 73.1 Å². The van der Waals surface area contributed by atoms with Gasteiger partial charge in [-0.15, -0.1) is 11.3 Å². The summed E-state index contributed by atoms with van der Waals surface area (Å²) in [7, 11) is 0. The highest BCUT2D eigenvalue weighted by Crippen LogP contribution is 2.30. The van der Waals surface area contributed by atoms with Gasteiger partial charge in [-0.05, 0) is 74.9 Å². The lowest BCUT2D eigenvalue weighted by molar-refractivity contribution is -0.126. The molecule has 1 aliphatic rings. The molecule has 1 amide bonds. The summed E-state index contributed by atoms with van der Waals surface area (Å²) in [6.45, 7) is 6.84. The van der Waals surface area contributed by atoms with Crippen LogP contribution in [0.1, 0.15) is 50.7 Å².